The number of carbonyl (C=O) groups excluding carboxylic acids is 2. The molecule has 6 nitrogen and oxygen atoms in total. The van der Waals surface area contributed by atoms with Gasteiger partial charge in [0.1, 0.15) is 5.82 Å². The standard InChI is InChI=1S/C30H33F4N3O3/c1-40-15-14-37-18-25(23-7-3-6-22(27(23)37)20-4-2-5-20)28(38)36-12-10-21(11-13-36)24-16-19(8-9-26(24)31)17-35-29(39)30(32,33)34/h3,6-9,16,18,20-21H,2,4-5,10-15,17H2,1H3,(H,35,39). The van der Waals surface area contributed by atoms with Gasteiger partial charge in [-0.15, -0.1) is 0 Å². The number of ether oxygens (including phenoxy) is 1. The lowest BCUT2D eigenvalue weighted by Crippen LogP contribution is -2.38. The molecule has 1 aromatic heterocycles. The van der Waals surface area contributed by atoms with Gasteiger partial charge in [0.05, 0.1) is 17.7 Å². The molecule has 2 aromatic carbocycles. The number of para-hydroxylation sites is 1. The molecule has 2 fully saturated rings. The van der Waals surface area contributed by atoms with Crippen molar-refractivity contribution in [3.05, 3.63) is 70.7 Å². The lowest BCUT2D eigenvalue weighted by atomic mass is 9.79. The van der Waals surface area contributed by atoms with Gasteiger partial charge in [0, 0.05) is 44.9 Å². The summed E-state index contributed by atoms with van der Waals surface area (Å²) < 4.78 is 59.7. The third-order valence-electron chi connectivity index (χ3n) is 8.23. The first-order valence-electron chi connectivity index (χ1n) is 13.7. The molecular weight excluding hydrogens is 526 g/mol. The Hall–Kier alpha value is -3.40. The Morgan fingerprint density at radius 2 is 1.75 bits per heavy atom. The molecule has 0 bridgehead atoms. The zero-order valence-electron chi connectivity index (χ0n) is 22.4. The van der Waals surface area contributed by atoms with Crippen LogP contribution in [0.3, 0.4) is 0 Å². The van der Waals surface area contributed by atoms with Crippen molar-refractivity contribution in [3.8, 4) is 0 Å². The number of carbonyl (C=O) groups is 2. The number of aromatic nitrogens is 1. The van der Waals surface area contributed by atoms with Crippen LogP contribution in [0.2, 0.25) is 0 Å². The molecule has 1 N–H and O–H groups in total. The van der Waals surface area contributed by atoms with Crippen LogP contribution in [0.1, 0.15) is 71.0 Å². The van der Waals surface area contributed by atoms with E-state index in [0.29, 0.717) is 61.7 Å². The largest absolute Gasteiger partial charge is 0.471 e. The molecule has 1 aliphatic carbocycles. The minimum Gasteiger partial charge on any atom is -0.383 e. The highest BCUT2D eigenvalue weighted by Crippen LogP contribution is 2.41. The molecule has 5 rings (SSSR count). The van der Waals surface area contributed by atoms with Gasteiger partial charge >= 0.3 is 12.1 Å². The molecule has 1 saturated heterocycles. The van der Waals surface area contributed by atoms with Gasteiger partial charge in [0.15, 0.2) is 0 Å². The second-order valence-electron chi connectivity index (χ2n) is 10.7. The number of hydrogen-bond acceptors (Lipinski definition) is 3. The normalized spacial score (nSPS) is 16.8. The maximum absolute atomic E-state index is 14.7. The molecule has 2 aliphatic rings. The van der Waals surface area contributed by atoms with E-state index in [0.717, 1.165) is 23.7 Å². The second kappa shape index (κ2) is 11.6. The highest BCUT2D eigenvalue weighted by atomic mass is 19.4. The minimum atomic E-state index is -4.98. The van der Waals surface area contributed by atoms with Gasteiger partial charge < -0.3 is 19.5 Å². The fourth-order valence-electron chi connectivity index (χ4n) is 5.84. The quantitative estimate of drug-likeness (QED) is 0.350. The summed E-state index contributed by atoms with van der Waals surface area (Å²) in [5.41, 5.74) is 3.81. The molecule has 2 heterocycles. The molecule has 1 saturated carbocycles. The van der Waals surface area contributed by atoms with E-state index in [9.17, 15) is 27.2 Å². The Morgan fingerprint density at radius 1 is 1.02 bits per heavy atom. The van der Waals surface area contributed by atoms with E-state index in [1.54, 1.807) is 12.0 Å². The molecule has 3 aromatic rings. The first kappa shape index (κ1) is 28.1. The van der Waals surface area contributed by atoms with Crippen molar-refractivity contribution in [3.63, 3.8) is 0 Å². The van der Waals surface area contributed by atoms with Crippen LogP contribution in [-0.2, 0) is 22.6 Å². The zero-order valence-corrected chi connectivity index (χ0v) is 22.4. The molecule has 0 spiro atoms. The maximum Gasteiger partial charge on any atom is 0.471 e. The maximum atomic E-state index is 14.7. The fraction of sp³-hybridized carbons (Fsp3) is 0.467. The van der Waals surface area contributed by atoms with Crippen LogP contribution in [0.4, 0.5) is 17.6 Å². The van der Waals surface area contributed by atoms with E-state index in [-0.39, 0.29) is 18.4 Å². The summed E-state index contributed by atoms with van der Waals surface area (Å²) >= 11 is 0. The number of alkyl halides is 3. The first-order chi connectivity index (χ1) is 19.2. The molecule has 0 unspecified atom stereocenters. The number of rotatable bonds is 8. The number of halogens is 4. The average Bonchev–Trinajstić information content (AvgIpc) is 3.29. The number of fused-ring (bicyclic) bond motifs is 1. The Morgan fingerprint density at radius 3 is 2.40 bits per heavy atom. The molecule has 0 atom stereocenters. The van der Waals surface area contributed by atoms with Crippen molar-refractivity contribution in [1.29, 1.82) is 0 Å². The number of nitrogens with one attached hydrogen (secondary N) is 1. The van der Waals surface area contributed by atoms with E-state index in [1.807, 2.05) is 23.6 Å². The van der Waals surface area contributed by atoms with Crippen LogP contribution in [0.15, 0.2) is 42.6 Å². The van der Waals surface area contributed by atoms with Crippen LogP contribution in [0.5, 0.6) is 0 Å². The summed E-state index contributed by atoms with van der Waals surface area (Å²) in [4.78, 5) is 26.7. The van der Waals surface area contributed by atoms with Gasteiger partial charge in [-0.1, -0.05) is 36.8 Å². The van der Waals surface area contributed by atoms with Crippen LogP contribution < -0.4 is 5.32 Å². The molecule has 10 heteroatoms. The van der Waals surface area contributed by atoms with Crippen molar-refractivity contribution in [1.82, 2.24) is 14.8 Å². The highest BCUT2D eigenvalue weighted by molar-refractivity contribution is 6.07. The predicted molar refractivity (Wildman–Crippen MR) is 143 cm³/mol. The van der Waals surface area contributed by atoms with Crippen LogP contribution in [0, 0.1) is 5.82 Å². The zero-order chi connectivity index (χ0) is 28.4. The minimum absolute atomic E-state index is 0.0607. The number of likely N-dealkylation sites (tertiary alicyclic amines) is 1. The van der Waals surface area contributed by atoms with E-state index in [4.69, 9.17) is 4.74 Å². The number of hydrogen-bond donors (Lipinski definition) is 1. The average molecular weight is 560 g/mol. The monoisotopic (exact) mass is 559 g/mol. The molecule has 40 heavy (non-hydrogen) atoms. The van der Waals surface area contributed by atoms with Gasteiger partial charge in [-0.3, -0.25) is 9.59 Å². The smallest absolute Gasteiger partial charge is 0.383 e. The van der Waals surface area contributed by atoms with E-state index < -0.39 is 17.9 Å². The number of nitrogens with zero attached hydrogens (tertiary/aromatic N) is 2. The first-order valence-corrected chi connectivity index (χ1v) is 13.7. The van der Waals surface area contributed by atoms with Crippen LogP contribution >= 0.6 is 0 Å². The van der Waals surface area contributed by atoms with Crippen molar-refractivity contribution in [2.75, 3.05) is 26.8 Å². The Bertz CT molecular complexity index is 1390. The Labute approximate surface area is 230 Å². The van der Waals surface area contributed by atoms with E-state index in [2.05, 4.69) is 10.6 Å². The van der Waals surface area contributed by atoms with Gasteiger partial charge in [0.25, 0.3) is 5.91 Å². The number of methoxy groups -OCH3 is 1. The third kappa shape index (κ3) is 5.73. The number of piperidine rings is 1. The molecule has 1 aliphatic heterocycles. The van der Waals surface area contributed by atoms with Crippen molar-refractivity contribution in [2.45, 2.75) is 63.2 Å². The summed E-state index contributed by atoms with van der Waals surface area (Å²) in [5.74, 6) is -2.22. The van der Waals surface area contributed by atoms with Crippen LogP contribution in [0.25, 0.3) is 10.9 Å². The second-order valence-corrected chi connectivity index (χ2v) is 10.7. The summed E-state index contributed by atoms with van der Waals surface area (Å²) in [6.07, 6.45) is 1.52. The lowest BCUT2D eigenvalue weighted by molar-refractivity contribution is -0.173. The van der Waals surface area contributed by atoms with Gasteiger partial charge in [-0.25, -0.2) is 4.39 Å². The lowest BCUT2D eigenvalue weighted by Gasteiger charge is -2.32. The number of benzene rings is 2. The third-order valence-corrected chi connectivity index (χ3v) is 8.23. The summed E-state index contributed by atoms with van der Waals surface area (Å²) in [6, 6.07) is 10.3. The highest BCUT2D eigenvalue weighted by Gasteiger charge is 2.38. The summed E-state index contributed by atoms with van der Waals surface area (Å²) in [6.45, 7) is 1.70. The van der Waals surface area contributed by atoms with Crippen molar-refractivity contribution in [2.24, 2.45) is 0 Å². The van der Waals surface area contributed by atoms with Gasteiger partial charge in [-0.05, 0) is 60.3 Å². The molecular formula is C30H33F4N3O3. The molecule has 2 amide bonds. The fourth-order valence-corrected chi connectivity index (χ4v) is 5.84. The summed E-state index contributed by atoms with van der Waals surface area (Å²) in [5, 5.41) is 2.76. The Balaban J connectivity index is 1.30. The SMILES string of the molecule is COCCn1cc(C(=O)N2CCC(c3cc(CNC(=O)C(F)(F)F)ccc3F)CC2)c2cccc(C3CCC3)c21. The predicted octanol–water partition coefficient (Wildman–Crippen LogP) is 5.89. The molecule has 0 radical (unpaired) electrons. The van der Waals surface area contributed by atoms with Crippen LogP contribution in [-0.4, -0.2) is 54.3 Å². The van der Waals surface area contributed by atoms with Gasteiger partial charge in [0.2, 0.25) is 0 Å². The van der Waals surface area contributed by atoms with E-state index >= 15 is 0 Å². The topological polar surface area (TPSA) is 63.6 Å². The number of amides is 2. The Kier molecular flexibility index (Phi) is 8.16. The van der Waals surface area contributed by atoms with Gasteiger partial charge in [-0.2, -0.15) is 13.2 Å². The van der Waals surface area contributed by atoms with Crippen molar-refractivity contribution < 1.29 is 31.9 Å². The molecule has 214 valence electrons. The van der Waals surface area contributed by atoms with Crippen molar-refractivity contribution >= 4 is 22.7 Å². The van der Waals surface area contributed by atoms with E-state index in [1.165, 1.54) is 30.2 Å². The summed E-state index contributed by atoms with van der Waals surface area (Å²) in [7, 11) is 1.66.